The van der Waals surface area contributed by atoms with Gasteiger partial charge < -0.3 is 15.5 Å². The van der Waals surface area contributed by atoms with Gasteiger partial charge in [-0.3, -0.25) is 14.7 Å². The minimum absolute atomic E-state index is 0.0377. The highest BCUT2D eigenvalue weighted by atomic mass is 16.2. The molecule has 0 aliphatic carbocycles. The molecule has 1 amide bonds. The molecular formula is C23H39N5O. The van der Waals surface area contributed by atoms with E-state index in [4.69, 9.17) is 4.99 Å². The van der Waals surface area contributed by atoms with E-state index in [1.165, 1.54) is 25.9 Å². The fourth-order valence-electron chi connectivity index (χ4n) is 3.75. The molecule has 0 aromatic heterocycles. The minimum atomic E-state index is 0.0377. The second kappa shape index (κ2) is 11.8. The van der Waals surface area contributed by atoms with Gasteiger partial charge in [0.2, 0.25) is 0 Å². The summed E-state index contributed by atoms with van der Waals surface area (Å²) in [4.78, 5) is 21.1. The maximum Gasteiger partial charge on any atom is 0.253 e. The Bertz CT molecular complexity index is 673. The molecule has 1 aliphatic rings. The smallest absolute Gasteiger partial charge is 0.253 e. The van der Waals surface area contributed by atoms with Crippen LogP contribution in [0.2, 0.25) is 0 Å². The van der Waals surface area contributed by atoms with Crippen LogP contribution in [-0.2, 0) is 6.42 Å². The topological polar surface area (TPSA) is 60.0 Å². The van der Waals surface area contributed by atoms with Crippen molar-refractivity contribution in [1.29, 1.82) is 0 Å². The molecule has 1 fully saturated rings. The summed E-state index contributed by atoms with van der Waals surface area (Å²) in [6.45, 7) is 11.5. The Morgan fingerprint density at radius 2 is 2.14 bits per heavy atom. The lowest BCUT2D eigenvalue weighted by atomic mass is 9.99. The van der Waals surface area contributed by atoms with Gasteiger partial charge in [0.05, 0.1) is 6.54 Å². The number of nitrogens with one attached hydrogen (secondary N) is 2. The molecule has 29 heavy (non-hydrogen) atoms. The van der Waals surface area contributed by atoms with Crippen molar-refractivity contribution in [3.05, 3.63) is 35.4 Å². The van der Waals surface area contributed by atoms with Crippen LogP contribution < -0.4 is 10.6 Å². The molecule has 1 saturated heterocycles. The molecule has 2 N–H and O–H groups in total. The summed E-state index contributed by atoms with van der Waals surface area (Å²) < 4.78 is 0. The zero-order valence-corrected chi connectivity index (χ0v) is 18.9. The third kappa shape index (κ3) is 7.69. The van der Waals surface area contributed by atoms with E-state index in [0.29, 0.717) is 6.04 Å². The van der Waals surface area contributed by atoms with Crippen molar-refractivity contribution in [3.63, 3.8) is 0 Å². The van der Waals surface area contributed by atoms with Crippen molar-refractivity contribution in [2.24, 2.45) is 10.9 Å². The van der Waals surface area contributed by atoms with Crippen molar-refractivity contribution >= 4 is 11.9 Å². The highest BCUT2D eigenvalue weighted by molar-refractivity contribution is 5.94. The number of piperidine rings is 1. The molecule has 2 unspecified atom stereocenters. The van der Waals surface area contributed by atoms with Crippen LogP contribution in [0.15, 0.2) is 29.3 Å². The molecule has 1 aromatic carbocycles. The van der Waals surface area contributed by atoms with Crippen molar-refractivity contribution in [3.8, 4) is 0 Å². The van der Waals surface area contributed by atoms with Crippen LogP contribution in [0.1, 0.15) is 49.5 Å². The Kier molecular flexibility index (Phi) is 9.45. The van der Waals surface area contributed by atoms with Crippen LogP contribution in [0.5, 0.6) is 0 Å². The molecule has 0 radical (unpaired) electrons. The lowest BCUT2D eigenvalue weighted by Gasteiger charge is -2.35. The summed E-state index contributed by atoms with van der Waals surface area (Å²) in [6.07, 6.45) is 3.49. The summed E-state index contributed by atoms with van der Waals surface area (Å²) in [5.41, 5.74) is 1.88. The first-order valence-corrected chi connectivity index (χ1v) is 11.0. The van der Waals surface area contributed by atoms with Gasteiger partial charge in [-0.1, -0.05) is 19.1 Å². The highest BCUT2D eigenvalue weighted by Gasteiger charge is 2.20. The molecule has 1 heterocycles. The average Bonchev–Trinajstić information content (AvgIpc) is 2.71. The van der Waals surface area contributed by atoms with E-state index in [-0.39, 0.29) is 5.91 Å². The first kappa shape index (κ1) is 23.2. The number of aliphatic imine (C=N–C) groups is 1. The number of nitrogens with zero attached hydrogens (tertiary/aromatic N) is 3. The molecule has 6 nitrogen and oxygen atoms in total. The summed E-state index contributed by atoms with van der Waals surface area (Å²) in [6, 6.07) is 8.33. The summed E-state index contributed by atoms with van der Waals surface area (Å²) in [5.74, 6) is 1.69. The molecule has 6 heteroatoms. The van der Waals surface area contributed by atoms with E-state index in [2.05, 4.69) is 42.4 Å². The average molecular weight is 402 g/mol. The first-order valence-electron chi connectivity index (χ1n) is 11.0. The van der Waals surface area contributed by atoms with Crippen LogP contribution >= 0.6 is 0 Å². The fourth-order valence-corrected chi connectivity index (χ4v) is 3.75. The van der Waals surface area contributed by atoms with Gasteiger partial charge in [-0.05, 0) is 63.3 Å². The Balaban J connectivity index is 1.86. The zero-order chi connectivity index (χ0) is 21.2. The van der Waals surface area contributed by atoms with Crippen LogP contribution in [0.4, 0.5) is 0 Å². The van der Waals surface area contributed by atoms with Gasteiger partial charge in [-0.15, -0.1) is 0 Å². The standard InChI is InChI=1S/C23H39N5O/c1-6-24-23(26-16-19(3)28-14-8-9-18(2)17-28)25-13-12-20-10-7-11-21(15-20)22(29)27(4)5/h7,10-11,15,18-19H,6,8-9,12-14,16-17H2,1-5H3,(H2,24,25,26). The molecule has 162 valence electrons. The Morgan fingerprint density at radius 1 is 1.34 bits per heavy atom. The Labute approximate surface area is 176 Å². The number of hydrogen-bond donors (Lipinski definition) is 2. The molecule has 0 bridgehead atoms. The monoisotopic (exact) mass is 401 g/mol. The number of rotatable bonds is 8. The van der Waals surface area contributed by atoms with Gasteiger partial charge in [0.25, 0.3) is 5.91 Å². The van der Waals surface area contributed by atoms with Gasteiger partial charge in [0.15, 0.2) is 5.96 Å². The molecular weight excluding hydrogens is 362 g/mol. The molecule has 0 spiro atoms. The number of benzene rings is 1. The minimum Gasteiger partial charge on any atom is -0.357 e. The second-order valence-corrected chi connectivity index (χ2v) is 8.39. The summed E-state index contributed by atoms with van der Waals surface area (Å²) in [5, 5.41) is 6.77. The van der Waals surface area contributed by atoms with Crippen molar-refractivity contribution in [2.45, 2.75) is 46.1 Å². The number of guanidine groups is 1. The van der Waals surface area contributed by atoms with Gasteiger partial charge in [-0.25, -0.2) is 0 Å². The SMILES string of the molecule is CCNC(=NCC(C)N1CCCC(C)C1)NCCc1cccc(C(=O)N(C)C)c1. The van der Waals surface area contributed by atoms with Crippen molar-refractivity contribution in [2.75, 3.05) is 46.8 Å². The van der Waals surface area contributed by atoms with Gasteiger partial charge in [0, 0.05) is 45.3 Å². The van der Waals surface area contributed by atoms with E-state index in [9.17, 15) is 4.79 Å². The van der Waals surface area contributed by atoms with E-state index in [1.807, 2.05) is 18.2 Å². The predicted molar refractivity (Wildman–Crippen MR) is 122 cm³/mol. The Morgan fingerprint density at radius 3 is 2.83 bits per heavy atom. The van der Waals surface area contributed by atoms with E-state index >= 15 is 0 Å². The summed E-state index contributed by atoms with van der Waals surface area (Å²) >= 11 is 0. The normalized spacial score (nSPS) is 18.9. The number of likely N-dealkylation sites (tertiary alicyclic amines) is 1. The lowest BCUT2D eigenvalue weighted by molar-refractivity contribution is 0.0827. The van der Waals surface area contributed by atoms with Crippen molar-refractivity contribution in [1.82, 2.24) is 20.4 Å². The molecule has 1 aliphatic heterocycles. The third-order valence-corrected chi connectivity index (χ3v) is 5.46. The number of carbonyl (C=O) groups is 1. The van der Waals surface area contributed by atoms with Gasteiger partial charge in [0.1, 0.15) is 0 Å². The van der Waals surface area contributed by atoms with Crippen LogP contribution in [-0.4, -0.2) is 74.5 Å². The van der Waals surface area contributed by atoms with Crippen molar-refractivity contribution < 1.29 is 4.79 Å². The lowest BCUT2D eigenvalue weighted by Crippen LogP contribution is -2.43. The van der Waals surface area contributed by atoms with E-state index < -0.39 is 0 Å². The van der Waals surface area contributed by atoms with Crippen LogP contribution in [0.3, 0.4) is 0 Å². The van der Waals surface area contributed by atoms with E-state index in [0.717, 1.165) is 49.1 Å². The number of hydrogen-bond acceptors (Lipinski definition) is 3. The second-order valence-electron chi connectivity index (χ2n) is 8.39. The quantitative estimate of drug-likeness (QED) is 0.519. The third-order valence-electron chi connectivity index (χ3n) is 5.46. The van der Waals surface area contributed by atoms with Gasteiger partial charge in [-0.2, -0.15) is 0 Å². The van der Waals surface area contributed by atoms with Crippen LogP contribution in [0, 0.1) is 5.92 Å². The number of amides is 1. The largest absolute Gasteiger partial charge is 0.357 e. The molecule has 1 aromatic rings. The summed E-state index contributed by atoms with van der Waals surface area (Å²) in [7, 11) is 3.56. The maximum absolute atomic E-state index is 12.1. The predicted octanol–water partition coefficient (Wildman–Crippen LogP) is 2.61. The molecule has 2 rings (SSSR count). The zero-order valence-electron chi connectivity index (χ0n) is 18.9. The highest BCUT2D eigenvalue weighted by Crippen LogP contribution is 2.17. The van der Waals surface area contributed by atoms with Gasteiger partial charge >= 0.3 is 0 Å². The Hall–Kier alpha value is -2.08. The fraction of sp³-hybridized carbons (Fsp3) is 0.652. The number of carbonyl (C=O) groups excluding carboxylic acids is 1. The maximum atomic E-state index is 12.1. The first-order chi connectivity index (χ1) is 13.9. The molecule has 0 saturated carbocycles. The van der Waals surface area contributed by atoms with E-state index in [1.54, 1.807) is 19.0 Å². The molecule has 2 atom stereocenters. The van der Waals surface area contributed by atoms with Crippen LogP contribution in [0.25, 0.3) is 0 Å².